The summed E-state index contributed by atoms with van der Waals surface area (Å²) in [6, 6.07) is 3.21. The van der Waals surface area contributed by atoms with Crippen LogP contribution in [0.2, 0.25) is 0 Å². The summed E-state index contributed by atoms with van der Waals surface area (Å²) in [4.78, 5) is 10.9. The fourth-order valence-corrected chi connectivity index (χ4v) is 1.23. The average Bonchev–Trinajstić information content (AvgIpc) is 2.35. The molecule has 1 aromatic carbocycles. The maximum Gasteiger partial charge on any atom is 0.188 e. The zero-order valence-corrected chi connectivity index (χ0v) is 9.48. The third-order valence-corrected chi connectivity index (χ3v) is 1.96. The van der Waals surface area contributed by atoms with E-state index in [0.717, 1.165) is 0 Å². The summed E-state index contributed by atoms with van der Waals surface area (Å²) in [6.45, 7) is 0.0452. The van der Waals surface area contributed by atoms with Crippen molar-refractivity contribution in [2.24, 2.45) is 0 Å². The summed E-state index contributed by atoms with van der Waals surface area (Å²) in [5.74, 6) is 1.31. The number of ether oxygens (including phenoxy) is 4. The number of rotatable bonds is 6. The molecule has 0 saturated carbocycles. The summed E-state index contributed by atoms with van der Waals surface area (Å²) >= 11 is 0. The lowest BCUT2D eigenvalue weighted by molar-refractivity contribution is 0.0485. The summed E-state index contributed by atoms with van der Waals surface area (Å²) < 4.78 is 20.2. The Kier molecular flexibility index (Phi) is 4.60. The van der Waals surface area contributed by atoms with Crippen LogP contribution in [0.25, 0.3) is 0 Å². The van der Waals surface area contributed by atoms with Crippen LogP contribution in [0.15, 0.2) is 12.1 Å². The Morgan fingerprint density at radius 2 is 1.94 bits per heavy atom. The summed E-state index contributed by atoms with van der Waals surface area (Å²) in [5, 5.41) is 0. The molecule has 5 nitrogen and oxygen atoms in total. The molecule has 88 valence electrons. The highest BCUT2D eigenvalue weighted by Crippen LogP contribution is 2.34. The molecule has 0 unspecified atom stereocenters. The van der Waals surface area contributed by atoms with Gasteiger partial charge in [0.2, 0.25) is 0 Å². The number of hydrogen-bond acceptors (Lipinski definition) is 5. The molecule has 0 bridgehead atoms. The largest absolute Gasteiger partial charge is 0.497 e. The molecule has 0 aliphatic rings. The number of carbonyl (C=O) groups is 1. The van der Waals surface area contributed by atoms with Crippen molar-refractivity contribution in [3.63, 3.8) is 0 Å². The molecule has 1 rings (SSSR count). The summed E-state index contributed by atoms with van der Waals surface area (Å²) in [6.07, 6.45) is 0.677. The normalized spacial score (nSPS) is 9.69. The minimum absolute atomic E-state index is 0.0452. The quantitative estimate of drug-likeness (QED) is 0.543. The Balaban J connectivity index is 3.14. The Labute approximate surface area is 93.9 Å². The first-order valence-electron chi connectivity index (χ1n) is 4.59. The maximum absolute atomic E-state index is 10.9. The van der Waals surface area contributed by atoms with Gasteiger partial charge in [-0.05, 0) is 6.07 Å². The monoisotopic (exact) mass is 226 g/mol. The first-order chi connectivity index (χ1) is 7.76. The standard InChI is InChI=1S/C11H14O5/c1-13-7-16-11-8(6-12)4-9(14-2)5-10(11)15-3/h4-6H,7H2,1-3H3. The van der Waals surface area contributed by atoms with Gasteiger partial charge in [0, 0.05) is 13.2 Å². The van der Waals surface area contributed by atoms with Crippen molar-refractivity contribution in [1.29, 1.82) is 0 Å². The smallest absolute Gasteiger partial charge is 0.188 e. The second kappa shape index (κ2) is 5.97. The molecule has 0 aromatic heterocycles. The van der Waals surface area contributed by atoms with Gasteiger partial charge >= 0.3 is 0 Å². The van der Waals surface area contributed by atoms with Crippen LogP contribution in [-0.4, -0.2) is 34.4 Å². The van der Waals surface area contributed by atoms with Gasteiger partial charge in [-0.25, -0.2) is 0 Å². The van der Waals surface area contributed by atoms with Crippen LogP contribution in [0, 0.1) is 0 Å². The Hall–Kier alpha value is -1.75. The van der Waals surface area contributed by atoms with Crippen molar-refractivity contribution in [1.82, 2.24) is 0 Å². The minimum atomic E-state index is 0.0452. The molecule has 0 aliphatic carbocycles. The molecule has 0 fully saturated rings. The van der Waals surface area contributed by atoms with Crippen LogP contribution < -0.4 is 14.2 Å². The van der Waals surface area contributed by atoms with E-state index >= 15 is 0 Å². The van der Waals surface area contributed by atoms with Gasteiger partial charge in [-0.2, -0.15) is 0 Å². The topological polar surface area (TPSA) is 54.0 Å². The van der Waals surface area contributed by atoms with Crippen LogP contribution in [0.1, 0.15) is 10.4 Å². The van der Waals surface area contributed by atoms with E-state index in [2.05, 4.69) is 0 Å². The molecule has 0 amide bonds. The first kappa shape index (κ1) is 12.3. The van der Waals surface area contributed by atoms with Gasteiger partial charge in [-0.3, -0.25) is 4.79 Å². The van der Waals surface area contributed by atoms with Gasteiger partial charge in [-0.15, -0.1) is 0 Å². The van der Waals surface area contributed by atoms with E-state index in [1.54, 1.807) is 12.1 Å². The molecule has 0 aliphatic heterocycles. The average molecular weight is 226 g/mol. The predicted molar refractivity (Wildman–Crippen MR) is 57.4 cm³/mol. The fraction of sp³-hybridized carbons (Fsp3) is 0.364. The Bertz CT molecular complexity index is 362. The van der Waals surface area contributed by atoms with Crippen LogP contribution >= 0.6 is 0 Å². The zero-order chi connectivity index (χ0) is 12.0. The van der Waals surface area contributed by atoms with E-state index in [9.17, 15) is 4.79 Å². The van der Waals surface area contributed by atoms with Crippen molar-refractivity contribution >= 4 is 6.29 Å². The minimum Gasteiger partial charge on any atom is -0.497 e. The predicted octanol–water partition coefficient (Wildman–Crippen LogP) is 1.50. The lowest BCUT2D eigenvalue weighted by atomic mass is 10.2. The fourth-order valence-electron chi connectivity index (χ4n) is 1.23. The summed E-state index contributed by atoms with van der Waals surface area (Å²) in [7, 11) is 4.50. The second-order valence-electron chi connectivity index (χ2n) is 2.92. The van der Waals surface area contributed by atoms with Gasteiger partial charge in [0.15, 0.2) is 24.6 Å². The van der Waals surface area contributed by atoms with E-state index in [-0.39, 0.29) is 6.79 Å². The van der Waals surface area contributed by atoms with E-state index in [1.165, 1.54) is 21.3 Å². The molecule has 0 heterocycles. The van der Waals surface area contributed by atoms with E-state index < -0.39 is 0 Å². The number of aldehydes is 1. The SMILES string of the molecule is COCOc1c(C=O)cc(OC)cc1OC. The highest BCUT2D eigenvalue weighted by Gasteiger charge is 2.13. The van der Waals surface area contributed by atoms with Crippen LogP contribution in [0.3, 0.4) is 0 Å². The number of benzene rings is 1. The van der Waals surface area contributed by atoms with Crippen LogP contribution in [0.4, 0.5) is 0 Å². The van der Waals surface area contributed by atoms with Crippen molar-refractivity contribution in [2.75, 3.05) is 28.1 Å². The summed E-state index contributed by atoms with van der Waals surface area (Å²) in [5.41, 5.74) is 0.355. The third-order valence-electron chi connectivity index (χ3n) is 1.96. The van der Waals surface area contributed by atoms with E-state index in [4.69, 9.17) is 18.9 Å². The molecule has 5 heteroatoms. The lowest BCUT2D eigenvalue weighted by Crippen LogP contribution is -2.04. The van der Waals surface area contributed by atoms with Gasteiger partial charge in [0.05, 0.1) is 19.8 Å². The Morgan fingerprint density at radius 1 is 1.19 bits per heavy atom. The lowest BCUT2D eigenvalue weighted by Gasteiger charge is -2.13. The highest BCUT2D eigenvalue weighted by molar-refractivity contribution is 5.82. The molecular formula is C11H14O5. The molecule has 0 atom stereocenters. The molecule has 16 heavy (non-hydrogen) atoms. The van der Waals surface area contributed by atoms with Gasteiger partial charge in [-0.1, -0.05) is 0 Å². The first-order valence-corrected chi connectivity index (χ1v) is 4.59. The van der Waals surface area contributed by atoms with Crippen molar-refractivity contribution in [2.45, 2.75) is 0 Å². The van der Waals surface area contributed by atoms with Crippen LogP contribution in [-0.2, 0) is 4.74 Å². The van der Waals surface area contributed by atoms with E-state index in [0.29, 0.717) is 29.1 Å². The van der Waals surface area contributed by atoms with Crippen molar-refractivity contribution in [3.8, 4) is 17.2 Å². The Morgan fingerprint density at radius 3 is 2.44 bits per heavy atom. The van der Waals surface area contributed by atoms with Gasteiger partial charge < -0.3 is 18.9 Å². The zero-order valence-electron chi connectivity index (χ0n) is 9.48. The second-order valence-corrected chi connectivity index (χ2v) is 2.92. The molecule has 1 aromatic rings. The highest BCUT2D eigenvalue weighted by atomic mass is 16.7. The molecular weight excluding hydrogens is 212 g/mol. The molecule has 0 spiro atoms. The van der Waals surface area contributed by atoms with Gasteiger partial charge in [0.1, 0.15) is 5.75 Å². The number of hydrogen-bond donors (Lipinski definition) is 0. The maximum atomic E-state index is 10.9. The molecule has 0 N–H and O–H groups in total. The van der Waals surface area contributed by atoms with Crippen molar-refractivity contribution < 1.29 is 23.7 Å². The third kappa shape index (κ3) is 2.64. The van der Waals surface area contributed by atoms with E-state index in [1.807, 2.05) is 0 Å². The number of carbonyl (C=O) groups excluding carboxylic acids is 1. The number of methoxy groups -OCH3 is 3. The molecule has 0 saturated heterocycles. The molecule has 0 radical (unpaired) electrons. The van der Waals surface area contributed by atoms with Gasteiger partial charge in [0.25, 0.3) is 0 Å². The van der Waals surface area contributed by atoms with Crippen LogP contribution in [0.5, 0.6) is 17.2 Å². The van der Waals surface area contributed by atoms with Crippen molar-refractivity contribution in [3.05, 3.63) is 17.7 Å².